The highest BCUT2D eigenvalue weighted by Crippen LogP contribution is 2.26. The SMILES string of the molecule is CNc1nccnc1[C@H]1CN(C(=O)c2cnn3cccnc23)CCO1. The zero-order chi connectivity index (χ0) is 17.2. The smallest absolute Gasteiger partial charge is 0.259 e. The summed E-state index contributed by atoms with van der Waals surface area (Å²) in [5, 5.41) is 7.19. The number of carbonyl (C=O) groups excluding carboxylic acids is 1. The van der Waals surface area contributed by atoms with Crippen molar-refractivity contribution in [2.75, 3.05) is 32.1 Å². The van der Waals surface area contributed by atoms with E-state index in [9.17, 15) is 4.79 Å². The van der Waals surface area contributed by atoms with Crippen molar-refractivity contribution in [1.29, 1.82) is 0 Å². The number of nitrogens with one attached hydrogen (secondary N) is 1. The number of morpholine rings is 1. The van der Waals surface area contributed by atoms with Gasteiger partial charge in [0, 0.05) is 38.4 Å². The molecule has 0 spiro atoms. The van der Waals surface area contributed by atoms with Crippen molar-refractivity contribution in [3.05, 3.63) is 48.3 Å². The molecule has 1 atom stereocenters. The van der Waals surface area contributed by atoms with Crippen molar-refractivity contribution in [3.8, 4) is 0 Å². The van der Waals surface area contributed by atoms with Gasteiger partial charge in [0.15, 0.2) is 5.65 Å². The normalized spacial score (nSPS) is 17.6. The van der Waals surface area contributed by atoms with E-state index in [1.54, 1.807) is 53.5 Å². The Morgan fingerprint density at radius 1 is 1.28 bits per heavy atom. The fraction of sp³-hybridized carbons (Fsp3) is 0.312. The fourth-order valence-electron chi connectivity index (χ4n) is 2.92. The number of carbonyl (C=O) groups is 1. The lowest BCUT2D eigenvalue weighted by atomic mass is 10.1. The molecule has 3 aromatic heterocycles. The molecule has 1 aliphatic heterocycles. The molecular formula is C16H17N7O2. The Balaban J connectivity index is 1.60. The number of ether oxygens (including phenoxy) is 1. The van der Waals surface area contributed by atoms with Crippen LogP contribution in [0.2, 0.25) is 0 Å². The molecule has 9 heteroatoms. The van der Waals surface area contributed by atoms with Gasteiger partial charge in [-0.1, -0.05) is 0 Å². The van der Waals surface area contributed by atoms with E-state index < -0.39 is 0 Å². The molecule has 1 N–H and O–H groups in total. The van der Waals surface area contributed by atoms with E-state index in [-0.39, 0.29) is 12.0 Å². The fourth-order valence-corrected chi connectivity index (χ4v) is 2.92. The quantitative estimate of drug-likeness (QED) is 0.753. The predicted octanol–water partition coefficient (Wildman–Crippen LogP) is 0.775. The van der Waals surface area contributed by atoms with Gasteiger partial charge in [0.2, 0.25) is 0 Å². The summed E-state index contributed by atoms with van der Waals surface area (Å²) in [4.78, 5) is 27.5. The molecular weight excluding hydrogens is 322 g/mol. The van der Waals surface area contributed by atoms with Crippen LogP contribution < -0.4 is 5.32 Å². The number of fused-ring (bicyclic) bond motifs is 1. The van der Waals surface area contributed by atoms with E-state index in [1.807, 2.05) is 0 Å². The molecule has 4 rings (SSSR count). The number of aromatic nitrogens is 5. The van der Waals surface area contributed by atoms with Gasteiger partial charge in [0.05, 0.1) is 19.3 Å². The van der Waals surface area contributed by atoms with Gasteiger partial charge in [0.25, 0.3) is 5.91 Å². The zero-order valence-corrected chi connectivity index (χ0v) is 13.7. The molecule has 0 radical (unpaired) electrons. The maximum atomic E-state index is 12.9. The summed E-state index contributed by atoms with van der Waals surface area (Å²) < 4.78 is 7.41. The Morgan fingerprint density at radius 3 is 3.04 bits per heavy atom. The Labute approximate surface area is 143 Å². The third-order valence-corrected chi connectivity index (χ3v) is 4.13. The van der Waals surface area contributed by atoms with Gasteiger partial charge in [-0.2, -0.15) is 5.10 Å². The molecule has 0 aromatic carbocycles. The van der Waals surface area contributed by atoms with Gasteiger partial charge in [-0.25, -0.2) is 14.5 Å². The summed E-state index contributed by atoms with van der Waals surface area (Å²) in [6.07, 6.45) is 7.87. The van der Waals surface area contributed by atoms with E-state index >= 15 is 0 Å². The molecule has 1 aliphatic rings. The summed E-state index contributed by atoms with van der Waals surface area (Å²) in [6.45, 7) is 1.34. The number of hydrogen-bond donors (Lipinski definition) is 1. The lowest BCUT2D eigenvalue weighted by Crippen LogP contribution is -2.42. The van der Waals surface area contributed by atoms with Gasteiger partial charge in [-0.15, -0.1) is 0 Å². The molecule has 3 aromatic rings. The van der Waals surface area contributed by atoms with Crippen LogP contribution in [0.25, 0.3) is 5.65 Å². The van der Waals surface area contributed by atoms with Crippen LogP contribution >= 0.6 is 0 Å². The highest BCUT2D eigenvalue weighted by atomic mass is 16.5. The first-order chi connectivity index (χ1) is 12.3. The number of nitrogens with zero attached hydrogens (tertiary/aromatic N) is 6. The molecule has 128 valence electrons. The molecule has 0 unspecified atom stereocenters. The van der Waals surface area contributed by atoms with Crippen LogP contribution in [0.1, 0.15) is 22.2 Å². The first kappa shape index (κ1) is 15.5. The second kappa shape index (κ2) is 6.44. The molecule has 1 saturated heterocycles. The van der Waals surface area contributed by atoms with E-state index in [1.165, 1.54) is 0 Å². The van der Waals surface area contributed by atoms with Gasteiger partial charge < -0.3 is 15.0 Å². The largest absolute Gasteiger partial charge is 0.372 e. The monoisotopic (exact) mass is 339 g/mol. The van der Waals surface area contributed by atoms with Crippen LogP contribution in [0.15, 0.2) is 37.1 Å². The maximum Gasteiger partial charge on any atom is 0.259 e. The third kappa shape index (κ3) is 2.78. The summed E-state index contributed by atoms with van der Waals surface area (Å²) in [6, 6.07) is 1.77. The van der Waals surface area contributed by atoms with E-state index in [0.29, 0.717) is 42.4 Å². The van der Waals surface area contributed by atoms with Crippen molar-refractivity contribution in [1.82, 2.24) is 29.5 Å². The standard InChI is InChI=1S/C16H17N7O2/c1-17-14-13(18-4-5-19-14)12-10-22(7-8-25-12)16(24)11-9-21-23-6-2-3-20-15(11)23/h2-6,9,12H,7-8,10H2,1H3,(H,17,19)/t12-/m1/s1. The van der Waals surface area contributed by atoms with Crippen LogP contribution in [-0.2, 0) is 4.74 Å². The summed E-state index contributed by atoms with van der Waals surface area (Å²) in [7, 11) is 1.78. The number of amides is 1. The Hall–Kier alpha value is -3.07. The summed E-state index contributed by atoms with van der Waals surface area (Å²) in [5.74, 6) is 0.538. The third-order valence-electron chi connectivity index (χ3n) is 4.13. The van der Waals surface area contributed by atoms with E-state index in [2.05, 4.69) is 25.4 Å². The predicted molar refractivity (Wildman–Crippen MR) is 89.2 cm³/mol. The highest BCUT2D eigenvalue weighted by molar-refractivity contribution is 5.99. The minimum atomic E-state index is -0.330. The van der Waals surface area contributed by atoms with Crippen molar-refractivity contribution in [2.45, 2.75) is 6.10 Å². The van der Waals surface area contributed by atoms with Gasteiger partial charge >= 0.3 is 0 Å². The van der Waals surface area contributed by atoms with Gasteiger partial charge in [-0.3, -0.25) is 9.78 Å². The Kier molecular flexibility index (Phi) is 3.98. The highest BCUT2D eigenvalue weighted by Gasteiger charge is 2.30. The number of hydrogen-bond acceptors (Lipinski definition) is 7. The zero-order valence-electron chi connectivity index (χ0n) is 13.7. The molecule has 0 saturated carbocycles. The van der Waals surface area contributed by atoms with Crippen molar-refractivity contribution >= 4 is 17.4 Å². The minimum Gasteiger partial charge on any atom is -0.372 e. The van der Waals surface area contributed by atoms with Crippen LogP contribution in [0.5, 0.6) is 0 Å². The Bertz CT molecular complexity index is 910. The average Bonchev–Trinajstić information content (AvgIpc) is 3.11. The summed E-state index contributed by atoms with van der Waals surface area (Å²) in [5.41, 5.74) is 1.72. The number of anilines is 1. The van der Waals surface area contributed by atoms with Crippen molar-refractivity contribution in [2.24, 2.45) is 0 Å². The second-order valence-electron chi connectivity index (χ2n) is 5.60. The van der Waals surface area contributed by atoms with E-state index in [0.717, 1.165) is 0 Å². The topological polar surface area (TPSA) is 97.5 Å². The number of rotatable bonds is 3. The van der Waals surface area contributed by atoms with Crippen LogP contribution in [0.4, 0.5) is 5.82 Å². The van der Waals surface area contributed by atoms with Crippen LogP contribution in [-0.4, -0.2) is 62.1 Å². The Morgan fingerprint density at radius 2 is 2.16 bits per heavy atom. The lowest BCUT2D eigenvalue weighted by molar-refractivity contribution is -0.0244. The van der Waals surface area contributed by atoms with Crippen LogP contribution in [0.3, 0.4) is 0 Å². The van der Waals surface area contributed by atoms with Gasteiger partial charge in [0.1, 0.15) is 23.2 Å². The minimum absolute atomic E-state index is 0.114. The maximum absolute atomic E-state index is 12.9. The molecule has 1 fully saturated rings. The van der Waals surface area contributed by atoms with E-state index in [4.69, 9.17) is 4.74 Å². The second-order valence-corrected chi connectivity index (χ2v) is 5.60. The molecule has 1 amide bonds. The molecule has 0 bridgehead atoms. The molecule has 9 nitrogen and oxygen atoms in total. The lowest BCUT2D eigenvalue weighted by Gasteiger charge is -2.32. The van der Waals surface area contributed by atoms with Crippen molar-refractivity contribution in [3.63, 3.8) is 0 Å². The van der Waals surface area contributed by atoms with Crippen LogP contribution in [0, 0.1) is 0 Å². The molecule has 25 heavy (non-hydrogen) atoms. The van der Waals surface area contributed by atoms with Crippen molar-refractivity contribution < 1.29 is 9.53 Å². The molecule has 4 heterocycles. The average molecular weight is 339 g/mol. The first-order valence-electron chi connectivity index (χ1n) is 7.96. The summed E-state index contributed by atoms with van der Waals surface area (Å²) >= 11 is 0. The van der Waals surface area contributed by atoms with Gasteiger partial charge in [-0.05, 0) is 6.07 Å². The molecule has 0 aliphatic carbocycles. The first-order valence-corrected chi connectivity index (χ1v) is 7.96.